The number of anilines is 1. The normalized spacial score (nSPS) is 15.7. The number of pyridine rings is 1. The number of aliphatic imine (C=N–C) groups is 1. The molecule has 0 saturated carbocycles. The van der Waals surface area contributed by atoms with Crippen LogP contribution in [0.1, 0.15) is 28.4 Å². The Kier molecular flexibility index (Phi) is 6.99. The van der Waals surface area contributed by atoms with Crippen molar-refractivity contribution in [1.82, 2.24) is 20.1 Å². The quantitative estimate of drug-likeness (QED) is 0.364. The van der Waals surface area contributed by atoms with E-state index in [2.05, 4.69) is 31.8 Å². The molecule has 2 N–H and O–H groups in total. The van der Waals surface area contributed by atoms with E-state index in [1.165, 1.54) is 25.3 Å². The van der Waals surface area contributed by atoms with E-state index in [9.17, 15) is 13.2 Å². The predicted molar refractivity (Wildman–Crippen MR) is 150 cm³/mol. The van der Waals surface area contributed by atoms with Gasteiger partial charge in [-0.25, -0.2) is 13.4 Å². The van der Waals surface area contributed by atoms with Crippen molar-refractivity contribution < 1.29 is 17.9 Å². The van der Waals surface area contributed by atoms with Gasteiger partial charge in [0.05, 0.1) is 30.4 Å². The van der Waals surface area contributed by atoms with Crippen molar-refractivity contribution in [3.63, 3.8) is 0 Å². The average molecular weight is 543 g/mol. The van der Waals surface area contributed by atoms with Crippen molar-refractivity contribution in [2.45, 2.75) is 18.4 Å². The molecular weight excluding hydrogens is 516 g/mol. The lowest BCUT2D eigenvalue weighted by Gasteiger charge is -2.15. The Balaban J connectivity index is 1.70. The fourth-order valence-corrected chi connectivity index (χ4v) is 5.51. The minimum Gasteiger partial charge on any atom is -0.480 e. The zero-order chi connectivity index (χ0) is 27.6. The first-order chi connectivity index (χ1) is 18.8. The smallest absolute Gasteiger partial charge is 0.262 e. The number of nitrogens with one attached hydrogen (secondary N) is 2. The molecule has 2 aromatic carbocycles. The van der Waals surface area contributed by atoms with E-state index in [0.29, 0.717) is 24.3 Å². The molecule has 0 atom stereocenters. The summed E-state index contributed by atoms with van der Waals surface area (Å²) in [6, 6.07) is 13.2. The highest BCUT2D eigenvalue weighted by Crippen LogP contribution is 2.36. The fourth-order valence-electron chi connectivity index (χ4n) is 4.41. The third-order valence-electron chi connectivity index (χ3n) is 6.35. The van der Waals surface area contributed by atoms with Gasteiger partial charge in [-0.2, -0.15) is 5.10 Å². The van der Waals surface area contributed by atoms with Crippen LogP contribution in [0.15, 0.2) is 83.1 Å². The van der Waals surface area contributed by atoms with Gasteiger partial charge in [-0.3, -0.25) is 19.2 Å². The fraction of sp³-hybridized carbons (Fsp3) is 0.143. The Morgan fingerprint density at radius 1 is 1.08 bits per heavy atom. The highest BCUT2D eigenvalue weighted by molar-refractivity contribution is 7.92. The van der Waals surface area contributed by atoms with Gasteiger partial charge in [0.2, 0.25) is 5.88 Å². The summed E-state index contributed by atoms with van der Waals surface area (Å²) in [5.41, 5.74) is 5.08. The number of carbonyl (C=O) groups is 1. The predicted octanol–water partition coefficient (Wildman–Crippen LogP) is 4.28. The summed E-state index contributed by atoms with van der Waals surface area (Å²) >= 11 is 0. The van der Waals surface area contributed by atoms with Gasteiger partial charge in [0.1, 0.15) is 5.69 Å². The lowest BCUT2D eigenvalue weighted by atomic mass is 9.95. The second-order valence-electron chi connectivity index (χ2n) is 8.75. The molecule has 10 nitrogen and oxygen atoms in total. The largest absolute Gasteiger partial charge is 0.480 e. The molecule has 39 heavy (non-hydrogen) atoms. The highest BCUT2D eigenvalue weighted by Gasteiger charge is 2.21. The summed E-state index contributed by atoms with van der Waals surface area (Å²) in [4.78, 5) is 21.3. The molecule has 3 heterocycles. The summed E-state index contributed by atoms with van der Waals surface area (Å²) in [6.45, 7) is 6.37. The summed E-state index contributed by atoms with van der Waals surface area (Å²) in [5.74, 6) is -0.293. The lowest BCUT2D eigenvalue weighted by molar-refractivity contribution is 0.0951. The maximum Gasteiger partial charge on any atom is 0.262 e. The van der Waals surface area contributed by atoms with E-state index in [-0.39, 0.29) is 22.0 Å². The average Bonchev–Trinajstić information content (AvgIpc) is 3.41. The molecule has 0 unspecified atom stereocenters. The molecule has 0 saturated heterocycles. The molecule has 0 spiro atoms. The molecule has 1 aliphatic rings. The van der Waals surface area contributed by atoms with E-state index in [0.717, 1.165) is 22.3 Å². The van der Waals surface area contributed by atoms with Crippen LogP contribution in [0, 0.1) is 0 Å². The molecule has 0 fully saturated rings. The zero-order valence-electron chi connectivity index (χ0n) is 21.4. The number of rotatable bonds is 2. The second kappa shape index (κ2) is 10.5. The Labute approximate surface area is 226 Å². The van der Waals surface area contributed by atoms with E-state index in [4.69, 9.17) is 4.74 Å². The van der Waals surface area contributed by atoms with E-state index in [1.54, 1.807) is 29.2 Å². The van der Waals surface area contributed by atoms with Crippen molar-refractivity contribution in [3.8, 4) is 17.0 Å². The monoisotopic (exact) mass is 542 g/mol. The van der Waals surface area contributed by atoms with Gasteiger partial charge in [-0.1, -0.05) is 18.2 Å². The lowest BCUT2D eigenvalue weighted by Crippen LogP contribution is -2.27. The van der Waals surface area contributed by atoms with Crippen molar-refractivity contribution in [2.24, 2.45) is 4.99 Å². The van der Waals surface area contributed by atoms with Crippen molar-refractivity contribution in [3.05, 3.63) is 89.9 Å². The number of sulfonamides is 1. The maximum absolute atomic E-state index is 13.3. The summed E-state index contributed by atoms with van der Waals surface area (Å²) in [7, 11) is -2.67. The van der Waals surface area contributed by atoms with Gasteiger partial charge in [0, 0.05) is 41.2 Å². The topological polar surface area (TPSA) is 128 Å². The van der Waals surface area contributed by atoms with Gasteiger partial charge in [-0.05, 0) is 61.2 Å². The number of aromatic nitrogens is 3. The number of hydrogen-bond donors (Lipinski definition) is 2. The first-order valence-electron chi connectivity index (χ1n) is 12.1. The van der Waals surface area contributed by atoms with Crippen molar-refractivity contribution in [1.29, 1.82) is 0 Å². The standard InChI is InChI=1S/C28H26N6O4S/c1-4-23-21-16-32-34(17-21)11-10-30-27(35)19-6-5-7-22(12-19)39(36,37)33-26-14-20(15-31-28(26)38-3)18-8-9-25(29-2)24(23)13-18/h4-9,12-17,33H,2,10-11H2,1,3H3,(H,30,35)/b23-4-. The molecule has 0 radical (unpaired) electrons. The van der Waals surface area contributed by atoms with Crippen molar-refractivity contribution >= 4 is 39.6 Å². The van der Waals surface area contributed by atoms with Crippen LogP contribution in [-0.2, 0) is 16.6 Å². The minimum absolute atomic E-state index is 0.0707. The zero-order valence-corrected chi connectivity index (χ0v) is 22.2. The SMILES string of the molecule is C=Nc1ccc2cc1/C(=C\C)c1cnn(c1)CCNC(=O)c1cccc(c1)S(=O)(=O)Nc1cc-2cnc1OC. The van der Waals surface area contributed by atoms with Gasteiger partial charge in [0.25, 0.3) is 15.9 Å². The number of methoxy groups -OCH3 is 1. The second-order valence-corrected chi connectivity index (χ2v) is 10.4. The molecule has 0 aliphatic carbocycles. The van der Waals surface area contributed by atoms with Crippen LogP contribution in [0.25, 0.3) is 16.7 Å². The number of carbonyl (C=O) groups excluding carboxylic acids is 1. The highest BCUT2D eigenvalue weighted by atomic mass is 32.2. The third-order valence-corrected chi connectivity index (χ3v) is 7.71. The molecule has 11 heteroatoms. The molecule has 198 valence electrons. The number of amides is 1. The van der Waals surface area contributed by atoms with Crippen LogP contribution in [0.2, 0.25) is 0 Å². The molecule has 1 aliphatic heterocycles. The van der Waals surface area contributed by atoms with E-state index >= 15 is 0 Å². The maximum atomic E-state index is 13.3. The number of allylic oxidation sites excluding steroid dienone is 1. The molecule has 8 bridgehead atoms. The van der Waals surface area contributed by atoms with Crippen LogP contribution in [0.5, 0.6) is 5.88 Å². The summed E-state index contributed by atoms with van der Waals surface area (Å²) in [5, 5.41) is 7.28. The Morgan fingerprint density at radius 2 is 1.92 bits per heavy atom. The molecule has 5 rings (SSSR count). The number of hydrogen-bond acceptors (Lipinski definition) is 7. The first-order valence-corrected chi connectivity index (χ1v) is 13.6. The van der Waals surface area contributed by atoms with Crippen molar-refractivity contribution in [2.75, 3.05) is 18.4 Å². The van der Waals surface area contributed by atoms with Crippen LogP contribution < -0.4 is 14.8 Å². The van der Waals surface area contributed by atoms with Gasteiger partial charge in [-0.15, -0.1) is 0 Å². The molecule has 2 aromatic heterocycles. The number of benzene rings is 2. The number of nitrogens with zero attached hydrogens (tertiary/aromatic N) is 4. The van der Waals surface area contributed by atoms with E-state index < -0.39 is 15.9 Å². The molecular formula is C28H26N6O4S. The summed E-state index contributed by atoms with van der Waals surface area (Å²) < 4.78 is 36.3. The van der Waals surface area contributed by atoms with Crippen LogP contribution >= 0.6 is 0 Å². The van der Waals surface area contributed by atoms with Crippen LogP contribution in [0.3, 0.4) is 0 Å². The van der Waals surface area contributed by atoms with Gasteiger partial charge in [0.15, 0.2) is 0 Å². The number of fused-ring (bicyclic) bond motifs is 9. The summed E-state index contributed by atoms with van der Waals surface area (Å²) in [6.07, 6.45) is 7.25. The minimum atomic E-state index is -4.08. The Bertz CT molecular complexity index is 1730. The Morgan fingerprint density at radius 3 is 2.69 bits per heavy atom. The van der Waals surface area contributed by atoms with E-state index in [1.807, 2.05) is 37.4 Å². The molecule has 4 aromatic rings. The first kappa shape index (κ1) is 25.9. The van der Waals surface area contributed by atoms with Gasteiger partial charge >= 0.3 is 0 Å². The van der Waals surface area contributed by atoms with Gasteiger partial charge < -0.3 is 10.1 Å². The molecule has 1 amide bonds. The van der Waals surface area contributed by atoms with Crippen LogP contribution in [-0.4, -0.2) is 49.5 Å². The van der Waals surface area contributed by atoms with Crippen LogP contribution in [0.4, 0.5) is 11.4 Å². The Hall–Kier alpha value is -4.77. The number of ether oxygens (including phenoxy) is 1. The third kappa shape index (κ3) is 5.16.